The van der Waals surface area contributed by atoms with Crippen LogP contribution >= 0.6 is 0 Å². The van der Waals surface area contributed by atoms with Crippen LogP contribution in [0.15, 0.2) is 18.2 Å². The van der Waals surface area contributed by atoms with Crippen LogP contribution in [0.4, 0.5) is 15.8 Å². The first-order chi connectivity index (χ1) is 8.06. The molecule has 1 saturated heterocycles. The van der Waals surface area contributed by atoms with E-state index in [0.29, 0.717) is 6.54 Å². The third kappa shape index (κ3) is 2.67. The Morgan fingerprint density at radius 1 is 1.59 bits per heavy atom. The summed E-state index contributed by atoms with van der Waals surface area (Å²) in [7, 11) is 0. The Morgan fingerprint density at radius 3 is 3.00 bits per heavy atom. The lowest BCUT2D eigenvalue weighted by atomic mass is 10.2. The minimum Gasteiger partial charge on any atom is -0.461 e. The number of esters is 1. The van der Waals surface area contributed by atoms with Crippen molar-refractivity contribution in [1.82, 2.24) is 0 Å². The van der Waals surface area contributed by atoms with E-state index >= 15 is 0 Å². The fourth-order valence-corrected chi connectivity index (χ4v) is 2.01. The Bertz CT molecular complexity index is 437. The van der Waals surface area contributed by atoms with Gasteiger partial charge >= 0.3 is 5.97 Å². The van der Waals surface area contributed by atoms with Crippen LogP contribution in [-0.2, 0) is 9.53 Å². The highest BCUT2D eigenvalue weighted by Crippen LogP contribution is 2.24. The summed E-state index contributed by atoms with van der Waals surface area (Å²) < 4.78 is 18.4. The summed E-state index contributed by atoms with van der Waals surface area (Å²) in [4.78, 5) is 12.8. The van der Waals surface area contributed by atoms with E-state index in [1.807, 2.05) is 4.90 Å². The largest absolute Gasteiger partial charge is 0.461 e. The molecule has 92 valence electrons. The average Bonchev–Trinajstić information content (AvgIpc) is 2.69. The number of hydrogen-bond donors (Lipinski definition) is 1. The zero-order valence-electron chi connectivity index (χ0n) is 9.65. The fourth-order valence-electron chi connectivity index (χ4n) is 2.01. The van der Waals surface area contributed by atoms with Gasteiger partial charge in [-0.2, -0.15) is 0 Å². The van der Waals surface area contributed by atoms with Crippen molar-refractivity contribution in [1.29, 1.82) is 0 Å². The molecule has 1 aromatic rings. The number of ether oxygens (including phenoxy) is 1. The highest BCUT2D eigenvalue weighted by Gasteiger charge is 2.25. The standard InChI is InChI=1S/C12H15FN2O2/c1-8(16)17-10-4-5-15(7-10)9-2-3-12(14)11(13)6-9/h2-3,6,10H,4-5,7,14H2,1H3/t10-/m0/s1. The molecule has 4 nitrogen and oxygen atoms in total. The maximum absolute atomic E-state index is 13.3. The Morgan fingerprint density at radius 2 is 2.35 bits per heavy atom. The maximum Gasteiger partial charge on any atom is 0.302 e. The third-order valence-corrected chi connectivity index (χ3v) is 2.83. The van der Waals surface area contributed by atoms with E-state index in [4.69, 9.17) is 10.5 Å². The van der Waals surface area contributed by atoms with Crippen molar-refractivity contribution >= 4 is 17.3 Å². The molecule has 2 N–H and O–H groups in total. The molecular weight excluding hydrogens is 223 g/mol. The van der Waals surface area contributed by atoms with E-state index in [2.05, 4.69) is 0 Å². The number of halogens is 1. The predicted octanol–water partition coefficient (Wildman–Crippen LogP) is 1.55. The molecule has 1 fully saturated rings. The Labute approximate surface area is 99.2 Å². The van der Waals surface area contributed by atoms with Crippen molar-refractivity contribution in [3.8, 4) is 0 Å². The number of anilines is 2. The quantitative estimate of drug-likeness (QED) is 0.627. The minimum absolute atomic E-state index is 0.104. The van der Waals surface area contributed by atoms with Crippen molar-refractivity contribution in [2.24, 2.45) is 0 Å². The van der Waals surface area contributed by atoms with Gasteiger partial charge in [0.2, 0.25) is 0 Å². The van der Waals surface area contributed by atoms with Crippen LogP contribution in [0.3, 0.4) is 0 Å². The topological polar surface area (TPSA) is 55.6 Å². The molecule has 5 heteroatoms. The number of nitrogens with two attached hydrogens (primary N) is 1. The molecule has 0 aliphatic carbocycles. The first kappa shape index (κ1) is 11.7. The summed E-state index contributed by atoms with van der Waals surface area (Å²) in [6, 6.07) is 4.73. The van der Waals surface area contributed by atoms with Crippen LogP contribution in [-0.4, -0.2) is 25.2 Å². The van der Waals surface area contributed by atoms with Gasteiger partial charge in [-0.3, -0.25) is 4.79 Å². The second-order valence-corrected chi connectivity index (χ2v) is 4.17. The molecule has 2 rings (SSSR count). The minimum atomic E-state index is -0.418. The van der Waals surface area contributed by atoms with E-state index in [0.717, 1.165) is 18.7 Å². The highest BCUT2D eigenvalue weighted by molar-refractivity contribution is 5.66. The predicted molar refractivity (Wildman–Crippen MR) is 63.2 cm³/mol. The summed E-state index contributed by atoms with van der Waals surface area (Å²) >= 11 is 0. The number of hydrogen-bond acceptors (Lipinski definition) is 4. The van der Waals surface area contributed by atoms with Crippen molar-refractivity contribution < 1.29 is 13.9 Å². The fraction of sp³-hybridized carbons (Fsp3) is 0.417. The number of rotatable bonds is 2. The van der Waals surface area contributed by atoms with Gasteiger partial charge in [-0.15, -0.1) is 0 Å². The Hall–Kier alpha value is -1.78. The molecule has 1 atom stereocenters. The number of benzene rings is 1. The Kier molecular flexibility index (Phi) is 3.17. The van der Waals surface area contributed by atoms with Gasteiger partial charge in [0, 0.05) is 25.6 Å². The van der Waals surface area contributed by atoms with E-state index in [1.54, 1.807) is 12.1 Å². The zero-order valence-corrected chi connectivity index (χ0v) is 9.65. The van der Waals surface area contributed by atoms with Gasteiger partial charge in [-0.25, -0.2) is 4.39 Å². The number of carbonyl (C=O) groups is 1. The van der Waals surface area contributed by atoms with Crippen LogP contribution in [0.2, 0.25) is 0 Å². The molecule has 0 amide bonds. The molecule has 1 aliphatic rings. The molecule has 0 unspecified atom stereocenters. The van der Waals surface area contributed by atoms with E-state index in [-0.39, 0.29) is 17.8 Å². The van der Waals surface area contributed by atoms with E-state index < -0.39 is 5.82 Å². The van der Waals surface area contributed by atoms with E-state index in [9.17, 15) is 9.18 Å². The molecule has 0 radical (unpaired) electrons. The number of nitrogens with zero attached hydrogens (tertiary/aromatic N) is 1. The van der Waals surface area contributed by atoms with Gasteiger partial charge in [0.15, 0.2) is 0 Å². The van der Waals surface area contributed by atoms with Gasteiger partial charge in [-0.05, 0) is 18.2 Å². The normalized spacial score (nSPS) is 19.4. The van der Waals surface area contributed by atoms with Crippen LogP contribution < -0.4 is 10.6 Å². The lowest BCUT2D eigenvalue weighted by Gasteiger charge is -2.18. The van der Waals surface area contributed by atoms with Crippen molar-refractivity contribution in [3.63, 3.8) is 0 Å². The second-order valence-electron chi connectivity index (χ2n) is 4.17. The summed E-state index contributed by atoms with van der Waals surface area (Å²) in [5.74, 6) is -0.696. The number of nitrogen functional groups attached to an aromatic ring is 1. The lowest BCUT2D eigenvalue weighted by Crippen LogP contribution is -2.24. The summed E-state index contributed by atoms with van der Waals surface area (Å²) in [5, 5.41) is 0. The highest BCUT2D eigenvalue weighted by atomic mass is 19.1. The smallest absolute Gasteiger partial charge is 0.302 e. The molecule has 0 aromatic heterocycles. The van der Waals surface area contributed by atoms with Gasteiger partial charge in [0.25, 0.3) is 0 Å². The van der Waals surface area contributed by atoms with Crippen LogP contribution in [0.5, 0.6) is 0 Å². The molecule has 0 bridgehead atoms. The maximum atomic E-state index is 13.3. The van der Waals surface area contributed by atoms with Crippen LogP contribution in [0.25, 0.3) is 0 Å². The first-order valence-corrected chi connectivity index (χ1v) is 5.53. The average molecular weight is 238 g/mol. The molecular formula is C12H15FN2O2. The van der Waals surface area contributed by atoms with Gasteiger partial charge in [-0.1, -0.05) is 0 Å². The van der Waals surface area contributed by atoms with Gasteiger partial charge in [0.1, 0.15) is 11.9 Å². The summed E-state index contributed by atoms with van der Waals surface area (Å²) in [5.41, 5.74) is 6.33. The first-order valence-electron chi connectivity index (χ1n) is 5.53. The summed E-state index contributed by atoms with van der Waals surface area (Å²) in [6.07, 6.45) is 0.666. The SMILES string of the molecule is CC(=O)O[C@H]1CCN(c2ccc(N)c(F)c2)C1. The van der Waals surface area contributed by atoms with Crippen LogP contribution in [0.1, 0.15) is 13.3 Å². The Balaban J connectivity index is 2.04. The molecule has 0 saturated carbocycles. The van der Waals surface area contributed by atoms with Crippen molar-refractivity contribution in [2.75, 3.05) is 23.7 Å². The second kappa shape index (κ2) is 4.61. The molecule has 1 aromatic carbocycles. The van der Waals surface area contributed by atoms with E-state index in [1.165, 1.54) is 13.0 Å². The number of carbonyl (C=O) groups excluding carboxylic acids is 1. The zero-order chi connectivity index (χ0) is 12.4. The molecule has 1 aliphatic heterocycles. The molecule has 1 heterocycles. The molecule has 17 heavy (non-hydrogen) atoms. The lowest BCUT2D eigenvalue weighted by molar-refractivity contribution is -0.145. The molecule has 0 spiro atoms. The van der Waals surface area contributed by atoms with Crippen LogP contribution in [0, 0.1) is 5.82 Å². The summed E-state index contributed by atoms with van der Waals surface area (Å²) in [6.45, 7) is 2.75. The van der Waals surface area contributed by atoms with Crippen molar-refractivity contribution in [3.05, 3.63) is 24.0 Å². The van der Waals surface area contributed by atoms with Gasteiger partial charge in [0.05, 0.1) is 12.2 Å². The third-order valence-electron chi connectivity index (χ3n) is 2.83. The monoisotopic (exact) mass is 238 g/mol. The van der Waals surface area contributed by atoms with Gasteiger partial charge < -0.3 is 15.4 Å². The van der Waals surface area contributed by atoms with Crippen molar-refractivity contribution in [2.45, 2.75) is 19.4 Å².